The largest absolute Gasteiger partial charge is 0.399 e. The first kappa shape index (κ1) is 15.4. The third kappa shape index (κ3) is 3.44. The Morgan fingerprint density at radius 3 is 2.53 bits per heavy atom. The maximum Gasteiger partial charge on any atom is 0.242 e. The molecule has 0 spiro atoms. The van der Waals surface area contributed by atoms with Crippen LogP contribution in [0.25, 0.3) is 0 Å². The molecule has 0 amide bonds. The Kier molecular flexibility index (Phi) is 4.20. The SMILES string of the molecule is CC(O)C(C)(C)NS(=O)(=O)c1ccc(N)cc1C#N. The molecule has 1 atom stereocenters. The van der Waals surface area contributed by atoms with Gasteiger partial charge < -0.3 is 10.8 Å². The molecule has 0 aliphatic carbocycles. The average molecular weight is 283 g/mol. The number of benzene rings is 1. The number of rotatable bonds is 4. The molecule has 4 N–H and O–H groups in total. The minimum atomic E-state index is -3.91. The van der Waals surface area contributed by atoms with Crippen molar-refractivity contribution in [3.05, 3.63) is 23.8 Å². The van der Waals surface area contributed by atoms with E-state index in [2.05, 4.69) is 4.72 Å². The second-order valence-electron chi connectivity index (χ2n) is 4.87. The number of aliphatic hydroxyl groups is 1. The quantitative estimate of drug-likeness (QED) is 0.699. The summed E-state index contributed by atoms with van der Waals surface area (Å²) in [6, 6.07) is 5.77. The van der Waals surface area contributed by atoms with Gasteiger partial charge in [0, 0.05) is 5.69 Å². The first-order chi connectivity index (χ1) is 8.60. The summed E-state index contributed by atoms with van der Waals surface area (Å²) < 4.78 is 26.8. The lowest BCUT2D eigenvalue weighted by molar-refractivity contribution is 0.111. The summed E-state index contributed by atoms with van der Waals surface area (Å²) in [6.45, 7) is 4.59. The van der Waals surface area contributed by atoms with Crippen LogP contribution in [0, 0.1) is 11.3 Å². The lowest BCUT2D eigenvalue weighted by atomic mass is 10.0. The zero-order chi connectivity index (χ0) is 14.8. The molecule has 0 aromatic heterocycles. The summed E-state index contributed by atoms with van der Waals surface area (Å²) >= 11 is 0. The van der Waals surface area contributed by atoms with Crippen molar-refractivity contribution < 1.29 is 13.5 Å². The molecule has 0 heterocycles. The third-order valence-electron chi connectivity index (χ3n) is 2.86. The molecule has 0 radical (unpaired) electrons. The van der Waals surface area contributed by atoms with E-state index in [4.69, 9.17) is 11.0 Å². The van der Waals surface area contributed by atoms with E-state index in [1.54, 1.807) is 19.9 Å². The predicted octanol–water partition coefficient (Wildman–Crippen LogP) is 0.578. The maximum atomic E-state index is 12.2. The highest BCUT2D eigenvalue weighted by Crippen LogP contribution is 2.21. The molecule has 0 bridgehead atoms. The molecule has 0 fully saturated rings. The van der Waals surface area contributed by atoms with Crippen molar-refractivity contribution in [2.24, 2.45) is 0 Å². The number of aliphatic hydroxyl groups excluding tert-OH is 1. The number of nitrogens with zero attached hydrogens (tertiary/aromatic N) is 1. The van der Waals surface area contributed by atoms with Crippen molar-refractivity contribution in [2.75, 3.05) is 5.73 Å². The van der Waals surface area contributed by atoms with Gasteiger partial charge in [-0.3, -0.25) is 0 Å². The number of hydrogen-bond acceptors (Lipinski definition) is 5. The van der Waals surface area contributed by atoms with Gasteiger partial charge in [0.15, 0.2) is 0 Å². The Balaban J connectivity index is 3.27. The monoisotopic (exact) mass is 283 g/mol. The molecule has 7 heteroatoms. The van der Waals surface area contributed by atoms with Gasteiger partial charge in [-0.2, -0.15) is 5.26 Å². The van der Waals surface area contributed by atoms with Crippen LogP contribution in [0.4, 0.5) is 5.69 Å². The molecule has 6 nitrogen and oxygen atoms in total. The number of nitrogen functional groups attached to an aromatic ring is 1. The first-order valence-electron chi connectivity index (χ1n) is 5.62. The lowest BCUT2D eigenvalue weighted by Gasteiger charge is -2.29. The highest BCUT2D eigenvalue weighted by Gasteiger charge is 2.31. The predicted molar refractivity (Wildman–Crippen MR) is 71.7 cm³/mol. The van der Waals surface area contributed by atoms with Crippen LogP contribution in [-0.4, -0.2) is 25.2 Å². The summed E-state index contributed by atoms with van der Waals surface area (Å²) in [5.74, 6) is 0. The van der Waals surface area contributed by atoms with E-state index < -0.39 is 21.7 Å². The normalized spacial score (nSPS) is 13.8. The van der Waals surface area contributed by atoms with Gasteiger partial charge in [-0.1, -0.05) is 0 Å². The van der Waals surface area contributed by atoms with Crippen LogP contribution in [-0.2, 0) is 10.0 Å². The number of sulfonamides is 1. The summed E-state index contributed by atoms with van der Waals surface area (Å²) in [5, 5.41) is 18.5. The Morgan fingerprint density at radius 1 is 1.47 bits per heavy atom. The van der Waals surface area contributed by atoms with Gasteiger partial charge in [-0.05, 0) is 39.0 Å². The highest BCUT2D eigenvalue weighted by molar-refractivity contribution is 7.89. The molecule has 0 aliphatic rings. The minimum Gasteiger partial charge on any atom is -0.399 e. The van der Waals surface area contributed by atoms with Crippen LogP contribution in [0.15, 0.2) is 23.1 Å². The molecular formula is C12H17N3O3S. The van der Waals surface area contributed by atoms with Crippen LogP contribution in [0.3, 0.4) is 0 Å². The van der Waals surface area contributed by atoms with E-state index in [-0.39, 0.29) is 10.5 Å². The zero-order valence-corrected chi connectivity index (χ0v) is 11.8. The highest BCUT2D eigenvalue weighted by atomic mass is 32.2. The van der Waals surface area contributed by atoms with E-state index >= 15 is 0 Å². The van der Waals surface area contributed by atoms with Crippen molar-refractivity contribution in [3.63, 3.8) is 0 Å². The Bertz CT molecular complexity index is 616. The Morgan fingerprint density at radius 2 is 2.05 bits per heavy atom. The van der Waals surface area contributed by atoms with Gasteiger partial charge in [0.1, 0.15) is 6.07 Å². The molecule has 0 aliphatic heterocycles. The molecular weight excluding hydrogens is 266 g/mol. The fourth-order valence-corrected chi connectivity index (χ4v) is 2.97. The number of anilines is 1. The second kappa shape index (κ2) is 5.17. The summed E-state index contributed by atoms with van der Waals surface area (Å²) in [5.41, 5.74) is 4.74. The summed E-state index contributed by atoms with van der Waals surface area (Å²) in [4.78, 5) is -0.155. The fourth-order valence-electron chi connectivity index (χ4n) is 1.36. The van der Waals surface area contributed by atoms with Crippen molar-refractivity contribution in [1.29, 1.82) is 5.26 Å². The minimum absolute atomic E-state index is 0.0334. The fraction of sp³-hybridized carbons (Fsp3) is 0.417. The van der Waals surface area contributed by atoms with Crippen molar-refractivity contribution in [1.82, 2.24) is 4.72 Å². The van der Waals surface area contributed by atoms with Gasteiger partial charge in [-0.25, -0.2) is 13.1 Å². The van der Waals surface area contributed by atoms with Crippen molar-refractivity contribution in [3.8, 4) is 6.07 Å². The topological polar surface area (TPSA) is 116 Å². The molecule has 1 unspecified atom stereocenters. The van der Waals surface area contributed by atoms with E-state index in [9.17, 15) is 13.5 Å². The van der Waals surface area contributed by atoms with Crippen LogP contribution in [0.1, 0.15) is 26.3 Å². The van der Waals surface area contributed by atoms with Crippen LogP contribution in [0.2, 0.25) is 0 Å². The van der Waals surface area contributed by atoms with Crippen LogP contribution in [0.5, 0.6) is 0 Å². The smallest absolute Gasteiger partial charge is 0.242 e. The number of nitrogens with two attached hydrogens (primary N) is 1. The van der Waals surface area contributed by atoms with Crippen LogP contribution < -0.4 is 10.5 Å². The lowest BCUT2D eigenvalue weighted by Crippen LogP contribution is -2.50. The number of nitrogens with one attached hydrogen (secondary N) is 1. The maximum absolute atomic E-state index is 12.2. The van der Waals surface area contributed by atoms with Gasteiger partial charge in [-0.15, -0.1) is 0 Å². The van der Waals surface area contributed by atoms with Crippen molar-refractivity contribution >= 4 is 15.7 Å². The molecule has 1 aromatic carbocycles. The van der Waals surface area contributed by atoms with Gasteiger partial charge in [0.05, 0.1) is 22.1 Å². The standard InChI is InChI=1S/C12H17N3O3S/c1-8(16)12(2,3)15-19(17,18)11-5-4-10(14)6-9(11)7-13/h4-6,8,15-16H,14H2,1-3H3. The van der Waals surface area contributed by atoms with E-state index in [0.29, 0.717) is 5.69 Å². The Hall–Kier alpha value is -1.62. The Labute approximate surface area is 112 Å². The number of hydrogen-bond donors (Lipinski definition) is 3. The van der Waals surface area contributed by atoms with Gasteiger partial charge >= 0.3 is 0 Å². The molecule has 1 aromatic rings. The summed E-state index contributed by atoms with van der Waals surface area (Å²) in [7, 11) is -3.91. The van der Waals surface area contributed by atoms with Crippen LogP contribution >= 0.6 is 0 Å². The third-order valence-corrected chi connectivity index (χ3v) is 4.59. The molecule has 0 saturated carbocycles. The van der Waals surface area contributed by atoms with E-state index in [1.807, 2.05) is 0 Å². The molecule has 104 valence electrons. The van der Waals surface area contributed by atoms with E-state index in [0.717, 1.165) is 0 Å². The molecule has 0 saturated heterocycles. The summed E-state index contributed by atoms with van der Waals surface area (Å²) in [6.07, 6.45) is -0.887. The van der Waals surface area contributed by atoms with Crippen molar-refractivity contribution in [2.45, 2.75) is 37.3 Å². The first-order valence-corrected chi connectivity index (χ1v) is 7.10. The van der Waals surface area contributed by atoms with Gasteiger partial charge in [0.2, 0.25) is 10.0 Å². The van der Waals surface area contributed by atoms with Gasteiger partial charge in [0.25, 0.3) is 0 Å². The average Bonchev–Trinajstić information content (AvgIpc) is 2.26. The second-order valence-corrected chi connectivity index (χ2v) is 6.52. The molecule has 1 rings (SSSR count). The zero-order valence-electron chi connectivity index (χ0n) is 11.0. The molecule has 19 heavy (non-hydrogen) atoms. The van der Waals surface area contributed by atoms with E-state index in [1.165, 1.54) is 25.1 Å². The number of nitriles is 1.